The molecular formula is C11H15NO4S. The summed E-state index contributed by atoms with van der Waals surface area (Å²) >= 11 is 1.54. The maximum Gasteiger partial charge on any atom is 0.326 e. The summed E-state index contributed by atoms with van der Waals surface area (Å²) in [5, 5.41) is 11.5. The first kappa shape index (κ1) is 13.6. The van der Waals surface area contributed by atoms with Gasteiger partial charge in [0, 0.05) is 0 Å². The van der Waals surface area contributed by atoms with Crippen molar-refractivity contribution in [1.29, 1.82) is 0 Å². The van der Waals surface area contributed by atoms with Crippen molar-refractivity contribution < 1.29 is 19.1 Å². The number of amides is 1. The standard InChI is InChI=1S/C11H15NO4S/c1-7-8(3-5-16-7)10(13)12-9(11(14)15)4-6-17-2/h3,5,9H,4,6H2,1-2H3,(H,12,13)(H,14,15)/t9-/m1/s1. The van der Waals surface area contributed by atoms with Gasteiger partial charge in [-0.3, -0.25) is 4.79 Å². The smallest absolute Gasteiger partial charge is 0.326 e. The molecule has 1 atom stereocenters. The van der Waals surface area contributed by atoms with Gasteiger partial charge < -0.3 is 14.8 Å². The summed E-state index contributed by atoms with van der Waals surface area (Å²) < 4.78 is 5.00. The van der Waals surface area contributed by atoms with E-state index >= 15 is 0 Å². The third-order valence-electron chi connectivity index (χ3n) is 2.32. The molecule has 0 spiro atoms. The molecular weight excluding hydrogens is 242 g/mol. The second kappa shape index (κ2) is 6.34. The number of carboxylic acid groups (broad SMARTS) is 1. The molecule has 0 bridgehead atoms. The van der Waals surface area contributed by atoms with Crippen LogP contribution in [0.2, 0.25) is 0 Å². The van der Waals surface area contributed by atoms with E-state index in [0.717, 1.165) is 0 Å². The minimum absolute atomic E-state index is 0.375. The molecule has 0 fully saturated rings. The zero-order valence-electron chi connectivity index (χ0n) is 9.73. The third-order valence-corrected chi connectivity index (χ3v) is 2.96. The van der Waals surface area contributed by atoms with Crippen LogP contribution < -0.4 is 5.32 Å². The van der Waals surface area contributed by atoms with Gasteiger partial charge in [0.05, 0.1) is 11.8 Å². The summed E-state index contributed by atoms with van der Waals surface area (Å²) in [5.41, 5.74) is 0.375. The first-order valence-corrected chi connectivity index (χ1v) is 6.52. The molecule has 94 valence electrons. The molecule has 0 aliphatic carbocycles. The predicted molar refractivity (Wildman–Crippen MR) is 65.3 cm³/mol. The fourth-order valence-electron chi connectivity index (χ4n) is 1.35. The minimum atomic E-state index is -1.02. The molecule has 0 saturated heterocycles. The first-order chi connectivity index (χ1) is 8.06. The lowest BCUT2D eigenvalue weighted by atomic mass is 10.2. The first-order valence-electron chi connectivity index (χ1n) is 5.13. The van der Waals surface area contributed by atoms with Crippen LogP contribution in [0.15, 0.2) is 16.7 Å². The van der Waals surface area contributed by atoms with Crippen LogP contribution in [-0.4, -0.2) is 35.0 Å². The van der Waals surface area contributed by atoms with E-state index < -0.39 is 17.9 Å². The fraction of sp³-hybridized carbons (Fsp3) is 0.455. The summed E-state index contributed by atoms with van der Waals surface area (Å²) in [5.74, 6) is -0.267. The summed E-state index contributed by atoms with van der Waals surface area (Å²) in [6.07, 6.45) is 3.70. The van der Waals surface area contributed by atoms with E-state index in [4.69, 9.17) is 9.52 Å². The lowest BCUT2D eigenvalue weighted by molar-refractivity contribution is -0.139. The van der Waals surface area contributed by atoms with Crippen LogP contribution in [-0.2, 0) is 4.79 Å². The highest BCUT2D eigenvalue weighted by atomic mass is 32.2. The number of hydrogen-bond donors (Lipinski definition) is 2. The summed E-state index contributed by atoms with van der Waals surface area (Å²) in [6, 6.07) is 0.669. The highest BCUT2D eigenvalue weighted by Gasteiger charge is 2.21. The Morgan fingerprint density at radius 2 is 2.29 bits per heavy atom. The molecule has 0 unspecified atom stereocenters. The van der Waals surface area contributed by atoms with Gasteiger partial charge in [0.15, 0.2) is 0 Å². The van der Waals surface area contributed by atoms with Gasteiger partial charge in [-0.25, -0.2) is 4.79 Å². The van der Waals surface area contributed by atoms with Crippen LogP contribution in [0.5, 0.6) is 0 Å². The minimum Gasteiger partial charge on any atom is -0.480 e. The van der Waals surface area contributed by atoms with Crippen molar-refractivity contribution in [3.05, 3.63) is 23.7 Å². The number of rotatable bonds is 6. The second-order valence-corrected chi connectivity index (χ2v) is 4.52. The summed E-state index contributed by atoms with van der Waals surface area (Å²) in [7, 11) is 0. The largest absolute Gasteiger partial charge is 0.480 e. The molecule has 1 heterocycles. The summed E-state index contributed by atoms with van der Waals surface area (Å²) in [6.45, 7) is 1.66. The molecule has 1 amide bonds. The Morgan fingerprint density at radius 1 is 1.59 bits per heavy atom. The van der Waals surface area contributed by atoms with E-state index in [1.165, 1.54) is 12.3 Å². The zero-order valence-corrected chi connectivity index (χ0v) is 10.5. The SMILES string of the molecule is CSCC[C@@H](NC(=O)c1ccoc1C)C(=O)O. The van der Waals surface area contributed by atoms with E-state index in [1.807, 2.05) is 6.26 Å². The van der Waals surface area contributed by atoms with Crippen molar-refractivity contribution in [3.63, 3.8) is 0 Å². The Morgan fingerprint density at radius 3 is 2.76 bits per heavy atom. The van der Waals surface area contributed by atoms with Gasteiger partial charge in [-0.2, -0.15) is 11.8 Å². The lowest BCUT2D eigenvalue weighted by Crippen LogP contribution is -2.41. The molecule has 0 radical (unpaired) electrons. The molecule has 17 heavy (non-hydrogen) atoms. The van der Waals surface area contributed by atoms with E-state index in [2.05, 4.69) is 5.32 Å². The number of furan rings is 1. The lowest BCUT2D eigenvalue weighted by Gasteiger charge is -2.13. The molecule has 0 aromatic carbocycles. The van der Waals surface area contributed by atoms with Crippen LogP contribution in [0.25, 0.3) is 0 Å². The van der Waals surface area contributed by atoms with E-state index in [-0.39, 0.29) is 0 Å². The zero-order chi connectivity index (χ0) is 12.8. The number of thioether (sulfide) groups is 1. The van der Waals surface area contributed by atoms with Gasteiger partial charge in [0.25, 0.3) is 5.91 Å². The highest BCUT2D eigenvalue weighted by molar-refractivity contribution is 7.98. The number of aryl methyl sites for hydroxylation is 1. The van der Waals surface area contributed by atoms with Crippen molar-refractivity contribution in [1.82, 2.24) is 5.32 Å². The monoisotopic (exact) mass is 257 g/mol. The van der Waals surface area contributed by atoms with Gasteiger partial charge in [0.2, 0.25) is 0 Å². The van der Waals surface area contributed by atoms with Crippen LogP contribution in [0.1, 0.15) is 22.5 Å². The quantitative estimate of drug-likeness (QED) is 0.807. The maximum absolute atomic E-state index is 11.8. The number of nitrogens with one attached hydrogen (secondary N) is 1. The van der Waals surface area contributed by atoms with E-state index in [9.17, 15) is 9.59 Å². The van der Waals surface area contributed by atoms with Crippen molar-refractivity contribution >= 4 is 23.6 Å². The van der Waals surface area contributed by atoms with Gasteiger partial charge in [-0.1, -0.05) is 0 Å². The molecule has 6 heteroatoms. The molecule has 5 nitrogen and oxygen atoms in total. The van der Waals surface area contributed by atoms with Crippen molar-refractivity contribution in [2.45, 2.75) is 19.4 Å². The normalized spacial score (nSPS) is 12.1. The van der Waals surface area contributed by atoms with Gasteiger partial charge >= 0.3 is 5.97 Å². The Balaban J connectivity index is 2.64. The van der Waals surface area contributed by atoms with Crippen LogP contribution in [0.3, 0.4) is 0 Å². The van der Waals surface area contributed by atoms with E-state index in [0.29, 0.717) is 23.5 Å². The highest BCUT2D eigenvalue weighted by Crippen LogP contribution is 2.09. The average Bonchev–Trinajstić information content (AvgIpc) is 2.70. The predicted octanol–water partition coefficient (Wildman–Crippen LogP) is 1.52. The average molecular weight is 257 g/mol. The molecule has 1 aromatic heterocycles. The number of hydrogen-bond acceptors (Lipinski definition) is 4. The molecule has 2 N–H and O–H groups in total. The summed E-state index contributed by atoms with van der Waals surface area (Å²) in [4.78, 5) is 22.7. The van der Waals surface area contributed by atoms with Crippen LogP contribution in [0.4, 0.5) is 0 Å². The topological polar surface area (TPSA) is 79.5 Å². The Labute approximate surface area is 104 Å². The maximum atomic E-state index is 11.8. The second-order valence-electron chi connectivity index (χ2n) is 3.54. The number of carboxylic acids is 1. The van der Waals surface area contributed by atoms with Crippen LogP contribution in [0, 0.1) is 6.92 Å². The number of aliphatic carboxylic acids is 1. The molecule has 0 aliphatic rings. The number of carbonyl (C=O) groups excluding carboxylic acids is 1. The van der Waals surface area contributed by atoms with Gasteiger partial charge in [-0.15, -0.1) is 0 Å². The third kappa shape index (κ3) is 3.81. The fourth-order valence-corrected chi connectivity index (χ4v) is 1.82. The number of carbonyl (C=O) groups is 2. The van der Waals surface area contributed by atoms with Crippen LogP contribution >= 0.6 is 11.8 Å². The Kier molecular flexibility index (Phi) is 5.09. The van der Waals surface area contributed by atoms with Crippen molar-refractivity contribution in [2.24, 2.45) is 0 Å². The van der Waals surface area contributed by atoms with E-state index in [1.54, 1.807) is 18.7 Å². The molecule has 1 rings (SSSR count). The van der Waals surface area contributed by atoms with Gasteiger partial charge in [-0.05, 0) is 31.4 Å². The Hall–Kier alpha value is -1.43. The molecule has 0 aliphatic heterocycles. The molecule has 1 aromatic rings. The van der Waals surface area contributed by atoms with Crippen molar-refractivity contribution in [3.8, 4) is 0 Å². The van der Waals surface area contributed by atoms with Gasteiger partial charge in [0.1, 0.15) is 11.8 Å². The molecule has 0 saturated carbocycles. The Bertz CT molecular complexity index is 402. The van der Waals surface area contributed by atoms with Crippen molar-refractivity contribution in [2.75, 3.05) is 12.0 Å².